The number of β-lactam (4-membered cyclic amide) rings is 1. The summed E-state index contributed by atoms with van der Waals surface area (Å²) in [5.41, 5.74) is 0.703. The molecule has 12 heteroatoms. The molecule has 2 fully saturated rings. The van der Waals surface area contributed by atoms with Crippen molar-refractivity contribution < 1.29 is 40.9 Å². The van der Waals surface area contributed by atoms with E-state index in [1.54, 1.807) is 60.7 Å². The molecule has 0 aliphatic carbocycles. The highest BCUT2D eigenvalue weighted by Crippen LogP contribution is 2.56. The van der Waals surface area contributed by atoms with Crippen LogP contribution in [0.25, 0.3) is 0 Å². The Labute approximate surface area is 226 Å². The number of fused-ring (bicyclic) bond motifs is 1. The molecule has 5 rings (SSSR count). The van der Waals surface area contributed by atoms with Gasteiger partial charge in [-0.1, -0.05) is 66.7 Å². The van der Waals surface area contributed by atoms with Gasteiger partial charge in [0.25, 0.3) is 5.91 Å². The smallest absolute Gasteiger partial charge is 0.459 e. The molecule has 3 atom stereocenters. The summed E-state index contributed by atoms with van der Waals surface area (Å²) in [5, 5.41) is -1.58. The van der Waals surface area contributed by atoms with Crippen LogP contribution in [0.3, 0.4) is 0 Å². The number of hydrogen-bond donors (Lipinski definition) is 0. The van der Waals surface area contributed by atoms with Gasteiger partial charge in [-0.3, -0.25) is 9.32 Å². The topological polar surface area (TPSA) is 126 Å². The molecule has 0 aromatic heterocycles. The fourth-order valence-corrected chi connectivity index (χ4v) is 8.18. The van der Waals surface area contributed by atoms with E-state index >= 15 is 0 Å². The first-order chi connectivity index (χ1) is 18.5. The lowest BCUT2D eigenvalue weighted by molar-refractivity contribution is -0.171. The van der Waals surface area contributed by atoms with Crippen molar-refractivity contribution in [3.63, 3.8) is 0 Å². The number of rotatable bonds is 9. The largest absolute Gasteiger partial charge is 0.588 e. The quantitative estimate of drug-likeness (QED) is 0.212. The Morgan fingerprint density at radius 2 is 1.36 bits per heavy atom. The number of esters is 1. The maximum atomic E-state index is 13.8. The van der Waals surface area contributed by atoms with Crippen molar-refractivity contribution in [1.82, 2.24) is 4.90 Å². The minimum Gasteiger partial charge on any atom is -0.459 e. The average Bonchev–Trinajstić information content (AvgIpc) is 3.06. The summed E-state index contributed by atoms with van der Waals surface area (Å²) in [6.07, 6.45) is -1.72. The maximum Gasteiger partial charge on any atom is 0.588 e. The minimum atomic E-state index is -4.59. The molecule has 3 aromatic carbocycles. The lowest BCUT2D eigenvalue weighted by atomic mass is 9.97. The second-order valence-electron chi connectivity index (χ2n) is 9.56. The SMILES string of the molecule is CC1(C)[C@H](C(=O)OCc2ccccc2)N2C(=O)[C@H](OP(=O)(Oc3ccccc3)Oc3ccccc3)[C@H]2S1(=O)=O. The fourth-order valence-electron chi connectivity index (χ4n) is 4.57. The number of carbonyl (C=O) groups is 2. The number of sulfone groups is 1. The summed E-state index contributed by atoms with van der Waals surface area (Å²) in [5.74, 6) is -1.47. The molecular formula is C27H26NO9PS. The number of benzene rings is 3. The number of carbonyl (C=O) groups excluding carboxylic acids is 2. The van der Waals surface area contributed by atoms with E-state index in [-0.39, 0.29) is 18.1 Å². The van der Waals surface area contributed by atoms with Gasteiger partial charge >= 0.3 is 13.8 Å². The van der Waals surface area contributed by atoms with Crippen molar-refractivity contribution >= 4 is 29.5 Å². The van der Waals surface area contributed by atoms with Gasteiger partial charge in [-0.25, -0.2) is 17.8 Å². The normalized spacial score (nSPS) is 22.9. The number of phosphoric ester groups is 1. The molecule has 0 spiro atoms. The van der Waals surface area contributed by atoms with Crippen LogP contribution in [0.4, 0.5) is 0 Å². The summed E-state index contributed by atoms with van der Waals surface area (Å²) in [4.78, 5) is 27.3. The Kier molecular flexibility index (Phi) is 7.00. The maximum absolute atomic E-state index is 13.8. The van der Waals surface area contributed by atoms with Crippen LogP contribution in [0, 0.1) is 0 Å². The molecule has 2 aliphatic rings. The molecule has 0 saturated carbocycles. The summed E-state index contributed by atoms with van der Waals surface area (Å²) in [7, 11) is -8.79. The van der Waals surface area contributed by atoms with Crippen molar-refractivity contribution in [2.75, 3.05) is 0 Å². The van der Waals surface area contributed by atoms with Crippen LogP contribution in [-0.2, 0) is 39.9 Å². The van der Waals surface area contributed by atoms with Crippen molar-refractivity contribution in [3.8, 4) is 11.5 Å². The molecule has 204 valence electrons. The molecule has 0 bridgehead atoms. The second-order valence-corrected chi connectivity index (χ2v) is 13.7. The molecule has 0 radical (unpaired) electrons. The Morgan fingerprint density at radius 1 is 0.872 bits per heavy atom. The van der Waals surface area contributed by atoms with Gasteiger partial charge in [0.1, 0.15) is 28.9 Å². The van der Waals surface area contributed by atoms with Crippen LogP contribution < -0.4 is 9.05 Å². The molecule has 2 saturated heterocycles. The molecule has 10 nitrogen and oxygen atoms in total. The van der Waals surface area contributed by atoms with E-state index < -0.39 is 51.8 Å². The van der Waals surface area contributed by atoms with Crippen LogP contribution >= 0.6 is 7.82 Å². The minimum absolute atomic E-state index is 0.0933. The molecular weight excluding hydrogens is 545 g/mol. The van der Waals surface area contributed by atoms with Gasteiger partial charge in [0.05, 0.1) is 0 Å². The first-order valence-corrected chi connectivity index (χ1v) is 15.1. The van der Waals surface area contributed by atoms with Crippen molar-refractivity contribution in [2.45, 2.75) is 42.7 Å². The second kappa shape index (κ2) is 10.1. The van der Waals surface area contributed by atoms with Crippen molar-refractivity contribution in [3.05, 3.63) is 96.6 Å². The first-order valence-electron chi connectivity index (χ1n) is 12.1. The highest BCUT2D eigenvalue weighted by atomic mass is 32.2. The van der Waals surface area contributed by atoms with E-state index in [0.29, 0.717) is 5.56 Å². The number of hydrogen-bond acceptors (Lipinski definition) is 9. The standard InChI is InChI=1S/C27H26NO9PS/c1-27(2)23(26(30)34-18-19-12-6-3-7-13-19)28-24(29)22(25(28)39(27,32)33)37-38(31,35-20-14-8-4-9-15-20)36-21-16-10-5-11-17-21/h3-17,22-23,25H,18H2,1-2H3/t22-,23-,25+/m0/s1. The van der Waals surface area contributed by atoms with Crippen LogP contribution in [0.2, 0.25) is 0 Å². The van der Waals surface area contributed by atoms with E-state index in [9.17, 15) is 22.6 Å². The third-order valence-electron chi connectivity index (χ3n) is 6.63. The van der Waals surface area contributed by atoms with Gasteiger partial charge in [0, 0.05) is 0 Å². The van der Waals surface area contributed by atoms with Gasteiger partial charge in [0.15, 0.2) is 21.3 Å². The summed E-state index contributed by atoms with van der Waals surface area (Å²) < 4.78 is 61.3. The van der Waals surface area contributed by atoms with E-state index in [1.807, 2.05) is 6.07 Å². The highest BCUT2D eigenvalue weighted by Gasteiger charge is 2.74. The zero-order chi connectivity index (χ0) is 27.8. The number of para-hydroxylation sites is 2. The number of amides is 1. The summed E-state index contributed by atoms with van der Waals surface area (Å²) >= 11 is 0. The average molecular weight is 572 g/mol. The molecule has 0 N–H and O–H groups in total. The molecule has 39 heavy (non-hydrogen) atoms. The van der Waals surface area contributed by atoms with E-state index in [2.05, 4.69) is 0 Å². The van der Waals surface area contributed by atoms with Crippen LogP contribution in [0.5, 0.6) is 11.5 Å². The Morgan fingerprint density at radius 3 is 1.87 bits per heavy atom. The molecule has 1 amide bonds. The lowest BCUT2D eigenvalue weighted by Crippen LogP contribution is -2.67. The zero-order valence-corrected chi connectivity index (χ0v) is 22.8. The Bertz CT molecular complexity index is 1470. The lowest BCUT2D eigenvalue weighted by Gasteiger charge is -2.42. The third-order valence-corrected chi connectivity index (χ3v) is 10.8. The highest BCUT2D eigenvalue weighted by molar-refractivity contribution is 7.94. The van der Waals surface area contributed by atoms with Gasteiger partial charge in [-0.2, -0.15) is 0 Å². The van der Waals surface area contributed by atoms with E-state index in [1.165, 1.54) is 38.1 Å². The van der Waals surface area contributed by atoms with Crippen LogP contribution in [0.15, 0.2) is 91.0 Å². The predicted molar refractivity (Wildman–Crippen MR) is 140 cm³/mol. The van der Waals surface area contributed by atoms with Gasteiger partial charge in [0.2, 0.25) is 0 Å². The van der Waals surface area contributed by atoms with Gasteiger partial charge in [-0.15, -0.1) is 0 Å². The first kappa shape index (κ1) is 26.9. The van der Waals surface area contributed by atoms with Crippen molar-refractivity contribution in [1.29, 1.82) is 0 Å². The zero-order valence-electron chi connectivity index (χ0n) is 21.1. The monoisotopic (exact) mass is 571 g/mol. The Balaban J connectivity index is 1.41. The van der Waals surface area contributed by atoms with Crippen LogP contribution in [0.1, 0.15) is 19.4 Å². The molecule has 2 heterocycles. The molecule has 0 unspecified atom stereocenters. The predicted octanol–water partition coefficient (Wildman–Crippen LogP) is 4.13. The Hall–Kier alpha value is -3.66. The van der Waals surface area contributed by atoms with E-state index in [0.717, 1.165) is 4.90 Å². The number of ether oxygens (including phenoxy) is 1. The summed E-state index contributed by atoms with van der Waals surface area (Å²) in [6, 6.07) is 23.4. The van der Waals surface area contributed by atoms with Crippen molar-refractivity contribution in [2.24, 2.45) is 0 Å². The number of phosphoric acid groups is 1. The fraction of sp³-hybridized carbons (Fsp3) is 0.259. The van der Waals surface area contributed by atoms with Gasteiger partial charge < -0.3 is 18.7 Å². The van der Waals surface area contributed by atoms with E-state index in [4.69, 9.17) is 18.3 Å². The molecule has 2 aliphatic heterocycles. The number of nitrogens with zero attached hydrogens (tertiary/aromatic N) is 1. The third kappa shape index (κ3) is 4.93. The van der Waals surface area contributed by atoms with Gasteiger partial charge in [-0.05, 0) is 43.7 Å². The summed E-state index contributed by atoms with van der Waals surface area (Å²) in [6.45, 7) is 2.60. The van der Waals surface area contributed by atoms with Crippen LogP contribution in [-0.4, -0.2) is 47.5 Å². The molecule has 3 aromatic rings.